The van der Waals surface area contributed by atoms with Gasteiger partial charge in [-0.2, -0.15) is 8.78 Å². The number of hydrogen-bond acceptors (Lipinski definition) is 3. The highest BCUT2D eigenvalue weighted by Gasteiger charge is 2.14. The third kappa shape index (κ3) is 5.50. The van der Waals surface area contributed by atoms with Gasteiger partial charge < -0.3 is 14.8 Å². The van der Waals surface area contributed by atoms with Crippen molar-refractivity contribution in [1.29, 1.82) is 0 Å². The predicted octanol–water partition coefficient (Wildman–Crippen LogP) is 4.21. The number of benzene rings is 1. The second kappa shape index (κ2) is 8.82. The minimum absolute atomic E-state index is 0.0713. The fraction of sp³-hybridized carbons (Fsp3) is 0.625. The van der Waals surface area contributed by atoms with E-state index in [9.17, 15) is 8.78 Å². The number of halogens is 2. The molecule has 0 amide bonds. The molecule has 0 aromatic heterocycles. The molecule has 1 aromatic rings. The molecule has 3 nitrogen and oxygen atoms in total. The summed E-state index contributed by atoms with van der Waals surface area (Å²) in [7, 11) is 1.43. The average molecular weight is 301 g/mol. The lowest BCUT2D eigenvalue weighted by atomic mass is 9.95. The highest BCUT2D eigenvalue weighted by Crippen LogP contribution is 2.29. The number of nitrogens with one attached hydrogen (secondary N) is 1. The molecule has 120 valence electrons. The summed E-state index contributed by atoms with van der Waals surface area (Å²) in [5.74, 6) is 0.995. The molecule has 0 radical (unpaired) electrons. The van der Waals surface area contributed by atoms with Crippen LogP contribution in [-0.2, 0) is 6.54 Å². The van der Waals surface area contributed by atoms with Gasteiger partial charge in [0.05, 0.1) is 7.11 Å². The van der Waals surface area contributed by atoms with Crippen molar-refractivity contribution >= 4 is 0 Å². The summed E-state index contributed by atoms with van der Waals surface area (Å²) in [6, 6.07) is 5.47. The molecule has 0 aliphatic carbocycles. The van der Waals surface area contributed by atoms with Crippen LogP contribution in [0.5, 0.6) is 11.5 Å². The van der Waals surface area contributed by atoms with E-state index in [0.29, 0.717) is 24.3 Å². The molecule has 0 aliphatic rings. The zero-order valence-corrected chi connectivity index (χ0v) is 13.2. The summed E-state index contributed by atoms with van der Waals surface area (Å²) in [6.07, 6.45) is 2.24. The van der Waals surface area contributed by atoms with Gasteiger partial charge in [0.15, 0.2) is 11.5 Å². The zero-order chi connectivity index (χ0) is 15.8. The number of ether oxygens (including phenoxy) is 2. The second-order valence-corrected chi connectivity index (χ2v) is 5.11. The molecule has 0 saturated carbocycles. The quantitative estimate of drug-likeness (QED) is 0.741. The van der Waals surface area contributed by atoms with Gasteiger partial charge in [-0.3, -0.25) is 0 Å². The summed E-state index contributed by atoms with van der Waals surface area (Å²) < 4.78 is 34.3. The Hall–Kier alpha value is -1.36. The first-order valence-corrected chi connectivity index (χ1v) is 7.36. The molecule has 5 heteroatoms. The van der Waals surface area contributed by atoms with E-state index < -0.39 is 6.61 Å². The molecule has 1 N–H and O–H groups in total. The maximum Gasteiger partial charge on any atom is 0.387 e. The number of hydrogen-bond donors (Lipinski definition) is 1. The van der Waals surface area contributed by atoms with E-state index in [4.69, 9.17) is 4.74 Å². The monoisotopic (exact) mass is 301 g/mol. The Kier molecular flexibility index (Phi) is 7.43. The van der Waals surface area contributed by atoms with Crippen LogP contribution < -0.4 is 14.8 Å². The molecule has 0 spiro atoms. The summed E-state index contributed by atoms with van der Waals surface area (Å²) in [5, 5.41) is 3.43. The van der Waals surface area contributed by atoms with Gasteiger partial charge in [0, 0.05) is 12.6 Å². The first-order chi connectivity index (χ1) is 10.0. The molecule has 0 aliphatic heterocycles. The lowest BCUT2D eigenvalue weighted by molar-refractivity contribution is -0.0512. The zero-order valence-electron chi connectivity index (χ0n) is 13.2. The Labute approximate surface area is 125 Å². The predicted molar refractivity (Wildman–Crippen MR) is 80.0 cm³/mol. The van der Waals surface area contributed by atoms with Crippen LogP contribution in [0.3, 0.4) is 0 Å². The molecule has 0 bridgehead atoms. The molecule has 0 fully saturated rings. The van der Waals surface area contributed by atoms with Crippen molar-refractivity contribution in [2.75, 3.05) is 7.11 Å². The minimum Gasteiger partial charge on any atom is -0.493 e. The van der Waals surface area contributed by atoms with Gasteiger partial charge in [-0.25, -0.2) is 0 Å². The van der Waals surface area contributed by atoms with Gasteiger partial charge in [-0.15, -0.1) is 0 Å². The van der Waals surface area contributed by atoms with Crippen molar-refractivity contribution in [1.82, 2.24) is 5.32 Å². The summed E-state index contributed by atoms with van der Waals surface area (Å²) in [4.78, 5) is 0. The van der Waals surface area contributed by atoms with Gasteiger partial charge in [-0.1, -0.05) is 32.8 Å². The Morgan fingerprint density at radius 2 is 1.81 bits per heavy atom. The third-order valence-electron chi connectivity index (χ3n) is 3.83. The van der Waals surface area contributed by atoms with E-state index in [2.05, 4.69) is 30.8 Å². The average Bonchev–Trinajstić information content (AvgIpc) is 2.46. The molecule has 1 rings (SSSR count). The van der Waals surface area contributed by atoms with Gasteiger partial charge >= 0.3 is 6.61 Å². The van der Waals surface area contributed by atoms with Crippen LogP contribution in [0.15, 0.2) is 18.2 Å². The van der Waals surface area contributed by atoms with E-state index in [0.717, 1.165) is 18.4 Å². The smallest absolute Gasteiger partial charge is 0.387 e. The Bertz CT molecular complexity index is 423. The molecular formula is C16H25F2NO2. The lowest BCUT2D eigenvalue weighted by Crippen LogP contribution is -2.32. The molecule has 1 unspecified atom stereocenters. The molecule has 0 saturated heterocycles. The van der Waals surface area contributed by atoms with E-state index in [1.54, 1.807) is 12.1 Å². The fourth-order valence-corrected chi connectivity index (χ4v) is 2.46. The molecular weight excluding hydrogens is 276 g/mol. The third-order valence-corrected chi connectivity index (χ3v) is 3.83. The maximum atomic E-state index is 12.4. The molecule has 0 heterocycles. The van der Waals surface area contributed by atoms with Crippen LogP contribution in [0.1, 0.15) is 39.2 Å². The van der Waals surface area contributed by atoms with Crippen LogP contribution in [0.4, 0.5) is 8.78 Å². The number of methoxy groups -OCH3 is 1. The standard InChI is InChI=1S/C16H25F2NO2/c1-5-13(6-2)11(3)19-10-12-7-8-14(20-4)15(9-12)21-16(17)18/h7-9,11,13,16,19H,5-6,10H2,1-4H3. The Morgan fingerprint density at radius 1 is 1.14 bits per heavy atom. The molecule has 1 atom stereocenters. The highest BCUT2D eigenvalue weighted by molar-refractivity contribution is 5.43. The van der Waals surface area contributed by atoms with Gasteiger partial charge in [0.1, 0.15) is 0 Å². The van der Waals surface area contributed by atoms with Crippen LogP contribution in [0.2, 0.25) is 0 Å². The van der Waals surface area contributed by atoms with Crippen molar-refractivity contribution in [3.63, 3.8) is 0 Å². The largest absolute Gasteiger partial charge is 0.493 e. The van der Waals surface area contributed by atoms with Crippen LogP contribution >= 0.6 is 0 Å². The molecule has 21 heavy (non-hydrogen) atoms. The van der Waals surface area contributed by atoms with E-state index in [-0.39, 0.29) is 5.75 Å². The van der Waals surface area contributed by atoms with Crippen LogP contribution in [0, 0.1) is 5.92 Å². The minimum atomic E-state index is -2.86. The topological polar surface area (TPSA) is 30.5 Å². The van der Waals surface area contributed by atoms with E-state index >= 15 is 0 Å². The van der Waals surface area contributed by atoms with Gasteiger partial charge in [0.25, 0.3) is 0 Å². The van der Waals surface area contributed by atoms with E-state index in [1.165, 1.54) is 7.11 Å². The van der Waals surface area contributed by atoms with Crippen LogP contribution in [0.25, 0.3) is 0 Å². The molecule has 1 aromatic carbocycles. The fourth-order valence-electron chi connectivity index (χ4n) is 2.46. The normalized spacial score (nSPS) is 12.8. The van der Waals surface area contributed by atoms with Crippen molar-refractivity contribution in [2.45, 2.75) is 52.8 Å². The summed E-state index contributed by atoms with van der Waals surface area (Å²) >= 11 is 0. The Morgan fingerprint density at radius 3 is 2.33 bits per heavy atom. The maximum absolute atomic E-state index is 12.4. The Balaban J connectivity index is 2.71. The first kappa shape index (κ1) is 17.7. The van der Waals surface area contributed by atoms with Crippen molar-refractivity contribution in [2.24, 2.45) is 5.92 Å². The summed E-state index contributed by atoms with van der Waals surface area (Å²) in [5.41, 5.74) is 0.893. The SMILES string of the molecule is CCC(CC)C(C)NCc1ccc(OC)c(OC(F)F)c1. The van der Waals surface area contributed by atoms with Gasteiger partial charge in [0.2, 0.25) is 0 Å². The lowest BCUT2D eigenvalue weighted by Gasteiger charge is -2.22. The first-order valence-electron chi connectivity index (χ1n) is 7.36. The van der Waals surface area contributed by atoms with Gasteiger partial charge in [-0.05, 0) is 30.5 Å². The highest BCUT2D eigenvalue weighted by atomic mass is 19.3. The van der Waals surface area contributed by atoms with Crippen molar-refractivity contribution < 1.29 is 18.3 Å². The second-order valence-electron chi connectivity index (χ2n) is 5.11. The van der Waals surface area contributed by atoms with Crippen molar-refractivity contribution in [3.05, 3.63) is 23.8 Å². The van der Waals surface area contributed by atoms with Crippen molar-refractivity contribution in [3.8, 4) is 11.5 Å². The summed E-state index contributed by atoms with van der Waals surface area (Å²) in [6.45, 7) is 4.26. The number of rotatable bonds is 9. The number of alkyl halides is 2. The van der Waals surface area contributed by atoms with Crippen LogP contribution in [-0.4, -0.2) is 19.8 Å². The van der Waals surface area contributed by atoms with E-state index in [1.807, 2.05) is 6.07 Å².